The molecular weight excluding hydrogens is 290 g/mol. The van der Waals surface area contributed by atoms with Crippen molar-refractivity contribution in [2.75, 3.05) is 6.61 Å². The van der Waals surface area contributed by atoms with Crippen LogP contribution in [0.4, 0.5) is 5.69 Å². The summed E-state index contributed by atoms with van der Waals surface area (Å²) in [7, 11) is 0. The zero-order chi connectivity index (χ0) is 12.4. The number of halogens is 1. The smallest absolute Gasteiger partial charge is 0.312 e. The molecule has 0 heterocycles. The monoisotopic (exact) mass is 299 g/mol. The number of hydrogen-bond acceptors (Lipinski definition) is 4. The summed E-state index contributed by atoms with van der Waals surface area (Å²) >= 11 is 3.15. The highest BCUT2D eigenvalue weighted by Crippen LogP contribution is 2.32. The number of ether oxygens (including phenoxy) is 1. The fraction of sp³-hybridized carbons (Fsp3) is 0.364. The maximum atomic E-state index is 11.4. The third-order valence-corrected chi connectivity index (χ3v) is 3.01. The summed E-state index contributed by atoms with van der Waals surface area (Å²) < 4.78 is 5.81. The molecule has 1 aliphatic rings. The normalized spacial score (nSPS) is 14.4. The second kappa shape index (κ2) is 4.83. The van der Waals surface area contributed by atoms with E-state index in [9.17, 15) is 14.9 Å². The number of carbonyl (C=O) groups excluding carboxylic acids is 1. The van der Waals surface area contributed by atoms with Crippen LogP contribution in [0.2, 0.25) is 0 Å². The first kappa shape index (κ1) is 12.0. The fourth-order valence-corrected chi connectivity index (χ4v) is 1.78. The van der Waals surface area contributed by atoms with Gasteiger partial charge in [-0.2, -0.15) is 0 Å². The molecule has 0 saturated heterocycles. The first-order chi connectivity index (χ1) is 8.08. The topological polar surface area (TPSA) is 69.4 Å². The number of benzene rings is 1. The van der Waals surface area contributed by atoms with E-state index in [0.717, 1.165) is 12.8 Å². The molecule has 0 atom stereocenters. The van der Waals surface area contributed by atoms with Crippen molar-refractivity contribution < 1.29 is 14.5 Å². The number of carbonyl (C=O) groups is 1. The predicted molar refractivity (Wildman–Crippen MR) is 64.0 cm³/mol. The molecule has 0 aliphatic heterocycles. The van der Waals surface area contributed by atoms with Gasteiger partial charge in [0.2, 0.25) is 0 Å². The average Bonchev–Trinajstić information content (AvgIpc) is 3.10. The number of hydrogen-bond donors (Lipinski definition) is 0. The second-order valence-electron chi connectivity index (χ2n) is 3.90. The van der Waals surface area contributed by atoms with E-state index in [-0.39, 0.29) is 29.7 Å². The number of nitrogens with zero attached hydrogens (tertiary/aromatic N) is 1. The molecule has 0 amide bonds. The molecule has 1 aromatic rings. The molecule has 1 aromatic carbocycles. The van der Waals surface area contributed by atoms with Crippen molar-refractivity contribution in [3.05, 3.63) is 32.8 Å². The highest BCUT2D eigenvalue weighted by Gasteiger charge is 2.30. The van der Waals surface area contributed by atoms with Crippen LogP contribution in [-0.2, 0) is 4.79 Å². The first-order valence-electron chi connectivity index (χ1n) is 5.17. The van der Waals surface area contributed by atoms with Crippen LogP contribution in [0.25, 0.3) is 0 Å². The summed E-state index contributed by atoms with van der Waals surface area (Å²) in [6.45, 7) is -0.0901. The standard InChI is InChI=1S/C11H10BrNO4/c12-8-3-4-11(9(5-8)13(15)16)17-6-10(14)7-1-2-7/h3-5,7H,1-2,6H2. The molecule has 0 radical (unpaired) electrons. The van der Waals surface area contributed by atoms with E-state index in [1.54, 1.807) is 6.07 Å². The van der Waals surface area contributed by atoms with Gasteiger partial charge in [-0.05, 0) is 25.0 Å². The molecule has 6 heteroatoms. The second-order valence-corrected chi connectivity index (χ2v) is 4.81. The summed E-state index contributed by atoms with van der Waals surface area (Å²) in [5.41, 5.74) is -0.136. The van der Waals surface area contributed by atoms with E-state index >= 15 is 0 Å². The van der Waals surface area contributed by atoms with Crippen molar-refractivity contribution in [1.29, 1.82) is 0 Å². The summed E-state index contributed by atoms with van der Waals surface area (Å²) in [6.07, 6.45) is 1.81. The predicted octanol–water partition coefficient (Wildman–Crippen LogP) is 2.72. The highest BCUT2D eigenvalue weighted by molar-refractivity contribution is 9.10. The average molecular weight is 300 g/mol. The Bertz CT molecular complexity index is 471. The Morgan fingerprint density at radius 1 is 1.53 bits per heavy atom. The quantitative estimate of drug-likeness (QED) is 0.619. The van der Waals surface area contributed by atoms with Gasteiger partial charge in [0.25, 0.3) is 0 Å². The minimum atomic E-state index is -0.526. The number of rotatable bonds is 5. The Morgan fingerprint density at radius 2 is 2.24 bits per heavy atom. The molecule has 5 nitrogen and oxygen atoms in total. The lowest BCUT2D eigenvalue weighted by Gasteiger charge is -2.05. The lowest BCUT2D eigenvalue weighted by atomic mass is 10.2. The van der Waals surface area contributed by atoms with E-state index < -0.39 is 4.92 Å². The molecule has 17 heavy (non-hydrogen) atoms. The maximum absolute atomic E-state index is 11.4. The fourth-order valence-electron chi connectivity index (χ4n) is 1.43. The molecule has 90 valence electrons. The lowest BCUT2D eigenvalue weighted by molar-refractivity contribution is -0.385. The van der Waals surface area contributed by atoms with Gasteiger partial charge in [0.15, 0.2) is 11.5 Å². The zero-order valence-electron chi connectivity index (χ0n) is 8.89. The van der Waals surface area contributed by atoms with Crippen molar-refractivity contribution in [2.24, 2.45) is 5.92 Å². The SMILES string of the molecule is O=C(COc1ccc(Br)cc1[N+](=O)[O-])C1CC1. The van der Waals surface area contributed by atoms with Gasteiger partial charge < -0.3 is 4.74 Å². The van der Waals surface area contributed by atoms with Gasteiger partial charge in [0.05, 0.1) is 4.92 Å². The van der Waals surface area contributed by atoms with Crippen LogP contribution in [-0.4, -0.2) is 17.3 Å². The minimum absolute atomic E-state index is 0.0159. The van der Waals surface area contributed by atoms with E-state index in [0.29, 0.717) is 4.47 Å². The third kappa shape index (κ3) is 3.03. The number of Topliss-reactive ketones (excluding diaryl/α,β-unsaturated/α-hetero) is 1. The van der Waals surface area contributed by atoms with Gasteiger partial charge in [-0.15, -0.1) is 0 Å². The van der Waals surface area contributed by atoms with Gasteiger partial charge in [-0.1, -0.05) is 15.9 Å². The Kier molecular flexibility index (Phi) is 3.42. The summed E-state index contributed by atoms with van der Waals surface area (Å²) in [5, 5.41) is 10.8. The molecular formula is C11H10BrNO4. The number of nitro groups is 1. The Hall–Kier alpha value is -1.43. The van der Waals surface area contributed by atoms with E-state index in [1.807, 2.05) is 0 Å². The van der Waals surface area contributed by atoms with E-state index in [4.69, 9.17) is 4.74 Å². The van der Waals surface area contributed by atoms with Crippen molar-refractivity contribution >= 4 is 27.4 Å². The Labute approximate surface area is 106 Å². The van der Waals surface area contributed by atoms with Gasteiger partial charge in [-0.25, -0.2) is 0 Å². The van der Waals surface area contributed by atoms with Crippen LogP contribution in [0.3, 0.4) is 0 Å². The maximum Gasteiger partial charge on any atom is 0.312 e. The third-order valence-electron chi connectivity index (χ3n) is 2.52. The lowest BCUT2D eigenvalue weighted by Crippen LogP contribution is -2.13. The minimum Gasteiger partial charge on any atom is -0.479 e. The molecule has 1 saturated carbocycles. The van der Waals surface area contributed by atoms with E-state index in [2.05, 4.69) is 15.9 Å². The van der Waals surface area contributed by atoms with Crippen LogP contribution < -0.4 is 4.74 Å². The van der Waals surface area contributed by atoms with Crippen molar-refractivity contribution in [1.82, 2.24) is 0 Å². The molecule has 1 fully saturated rings. The Morgan fingerprint density at radius 3 is 2.82 bits per heavy atom. The highest BCUT2D eigenvalue weighted by atomic mass is 79.9. The summed E-state index contributed by atoms with van der Waals surface area (Å²) in [4.78, 5) is 21.7. The largest absolute Gasteiger partial charge is 0.479 e. The van der Waals surface area contributed by atoms with Crippen molar-refractivity contribution in [3.63, 3.8) is 0 Å². The van der Waals surface area contributed by atoms with Crippen LogP contribution in [0, 0.1) is 16.0 Å². The van der Waals surface area contributed by atoms with Crippen LogP contribution >= 0.6 is 15.9 Å². The molecule has 1 aliphatic carbocycles. The Balaban J connectivity index is 2.08. The molecule has 0 aromatic heterocycles. The van der Waals surface area contributed by atoms with Gasteiger partial charge in [-0.3, -0.25) is 14.9 Å². The van der Waals surface area contributed by atoms with Crippen LogP contribution in [0.1, 0.15) is 12.8 Å². The summed E-state index contributed by atoms with van der Waals surface area (Å²) in [5.74, 6) is 0.249. The molecule has 2 rings (SSSR count). The molecule has 0 unspecified atom stereocenters. The first-order valence-corrected chi connectivity index (χ1v) is 5.96. The molecule has 0 bridgehead atoms. The van der Waals surface area contributed by atoms with Gasteiger partial charge in [0, 0.05) is 16.5 Å². The van der Waals surface area contributed by atoms with E-state index in [1.165, 1.54) is 12.1 Å². The van der Waals surface area contributed by atoms with Crippen LogP contribution in [0.15, 0.2) is 22.7 Å². The van der Waals surface area contributed by atoms with Gasteiger partial charge >= 0.3 is 5.69 Å². The van der Waals surface area contributed by atoms with Crippen molar-refractivity contribution in [2.45, 2.75) is 12.8 Å². The number of nitro benzene ring substituents is 1. The van der Waals surface area contributed by atoms with Gasteiger partial charge in [0.1, 0.15) is 6.61 Å². The molecule has 0 N–H and O–H groups in total. The zero-order valence-corrected chi connectivity index (χ0v) is 10.5. The number of ketones is 1. The van der Waals surface area contributed by atoms with Crippen molar-refractivity contribution in [3.8, 4) is 5.75 Å². The van der Waals surface area contributed by atoms with Crippen LogP contribution in [0.5, 0.6) is 5.75 Å². The summed E-state index contributed by atoms with van der Waals surface area (Å²) in [6, 6.07) is 4.49. The molecule has 0 spiro atoms.